The summed E-state index contributed by atoms with van der Waals surface area (Å²) in [5.41, 5.74) is 0.234. The first-order valence-electron chi connectivity index (χ1n) is 17.8. The van der Waals surface area contributed by atoms with Gasteiger partial charge in [0.1, 0.15) is 29.4 Å². The van der Waals surface area contributed by atoms with Crippen LogP contribution in [0.15, 0.2) is 109 Å². The molecule has 53 heavy (non-hydrogen) atoms. The molecule has 0 radical (unpaired) electrons. The summed E-state index contributed by atoms with van der Waals surface area (Å²) in [5, 5.41) is 13.9. The number of aliphatic hydroxyl groups excluding tert-OH is 1. The second-order valence-corrected chi connectivity index (χ2v) is 13.6. The fourth-order valence-electron chi connectivity index (χ4n) is 8.16. The van der Waals surface area contributed by atoms with Crippen LogP contribution < -0.4 is 15.0 Å². The van der Waals surface area contributed by atoms with E-state index in [1.165, 1.54) is 12.0 Å². The quantitative estimate of drug-likeness (QED) is 0.263. The number of esters is 1. The highest BCUT2D eigenvalue weighted by atomic mass is 16.6. The predicted molar refractivity (Wildman–Crippen MR) is 193 cm³/mol. The maximum Gasteiger partial charge on any atom is 0.313 e. The Labute approximate surface area is 308 Å². The summed E-state index contributed by atoms with van der Waals surface area (Å²) in [7, 11) is 3.05. The first-order chi connectivity index (χ1) is 25.8. The third-order valence-electron chi connectivity index (χ3n) is 10.6. The summed E-state index contributed by atoms with van der Waals surface area (Å²) < 4.78 is 23.8. The summed E-state index contributed by atoms with van der Waals surface area (Å²) in [6.45, 7) is -0.342. The number of carbonyl (C=O) groups excluding carboxylic acids is 4. The Hall–Kier alpha value is -5.30. The Morgan fingerprint density at radius 1 is 0.925 bits per heavy atom. The number of benzene rings is 3. The molecular formula is C41H43N3O9. The van der Waals surface area contributed by atoms with Gasteiger partial charge in [0, 0.05) is 25.8 Å². The molecule has 276 valence electrons. The van der Waals surface area contributed by atoms with E-state index in [1.54, 1.807) is 84.8 Å². The molecule has 12 nitrogen and oxygen atoms in total. The van der Waals surface area contributed by atoms with Crippen LogP contribution in [-0.4, -0.2) is 91.5 Å². The molecule has 0 unspecified atom stereocenters. The highest BCUT2D eigenvalue weighted by Gasteiger charge is 2.74. The molecule has 8 atom stereocenters. The molecule has 4 heterocycles. The predicted octanol–water partition coefficient (Wildman–Crippen LogP) is 3.68. The van der Waals surface area contributed by atoms with Crippen LogP contribution in [0.2, 0.25) is 0 Å². The molecule has 4 aliphatic heterocycles. The second-order valence-electron chi connectivity index (χ2n) is 13.6. The number of hydrogen-bond acceptors (Lipinski definition) is 9. The molecule has 0 aromatic heterocycles. The van der Waals surface area contributed by atoms with Gasteiger partial charge in [-0.05, 0) is 41.8 Å². The largest absolute Gasteiger partial charge is 0.497 e. The van der Waals surface area contributed by atoms with Gasteiger partial charge in [0.2, 0.25) is 11.8 Å². The normalized spacial score (nSPS) is 29.8. The molecule has 4 aliphatic rings. The zero-order valence-electron chi connectivity index (χ0n) is 29.6. The van der Waals surface area contributed by atoms with E-state index >= 15 is 4.79 Å². The minimum Gasteiger partial charge on any atom is -0.497 e. The Balaban J connectivity index is 1.37. The SMILES string of the molecule is COC[C@H]1NC(=O)CC/C=C\CN(c2ccc(OC)cc2)C(=O)[C@@H]2N([C@H](CO)c3ccccc3)C(=O)[C@H]3[C@H](C(=O)O[C@@H]1c1ccccc1)[C@@H]1C=C[C@]23O1. The first-order valence-corrected chi connectivity index (χ1v) is 17.8. The molecule has 3 aromatic rings. The third kappa shape index (κ3) is 6.62. The number of carbonyl (C=O) groups is 4. The number of fused-ring (bicyclic) bond motifs is 2. The number of amides is 3. The maximum absolute atomic E-state index is 15.2. The number of methoxy groups -OCH3 is 2. The molecule has 3 aromatic carbocycles. The maximum atomic E-state index is 15.2. The van der Waals surface area contributed by atoms with Gasteiger partial charge >= 0.3 is 5.97 Å². The van der Waals surface area contributed by atoms with E-state index in [0.717, 1.165) is 0 Å². The lowest BCUT2D eigenvalue weighted by Crippen LogP contribution is -2.57. The minimum atomic E-state index is -1.55. The first kappa shape index (κ1) is 36.1. The molecule has 1 spiro atoms. The van der Waals surface area contributed by atoms with Gasteiger partial charge in [-0.2, -0.15) is 0 Å². The topological polar surface area (TPSA) is 144 Å². The van der Waals surface area contributed by atoms with E-state index < -0.39 is 72.2 Å². The lowest BCUT2D eigenvalue weighted by molar-refractivity contribution is -0.162. The zero-order valence-corrected chi connectivity index (χ0v) is 29.6. The average molecular weight is 722 g/mol. The third-order valence-corrected chi connectivity index (χ3v) is 10.6. The van der Waals surface area contributed by atoms with Gasteiger partial charge in [0.25, 0.3) is 5.91 Å². The zero-order chi connectivity index (χ0) is 37.1. The van der Waals surface area contributed by atoms with Crippen molar-refractivity contribution in [1.29, 1.82) is 0 Å². The van der Waals surface area contributed by atoms with Crippen molar-refractivity contribution in [2.24, 2.45) is 11.8 Å². The van der Waals surface area contributed by atoms with Gasteiger partial charge in [0.05, 0.1) is 44.4 Å². The van der Waals surface area contributed by atoms with Crippen LogP contribution in [-0.2, 0) is 33.4 Å². The van der Waals surface area contributed by atoms with Crippen molar-refractivity contribution in [3.63, 3.8) is 0 Å². The molecule has 3 amide bonds. The fraction of sp³-hybridized carbons (Fsp3) is 0.366. The van der Waals surface area contributed by atoms with Crippen LogP contribution >= 0.6 is 0 Å². The van der Waals surface area contributed by atoms with Crippen LogP contribution in [0.5, 0.6) is 5.75 Å². The van der Waals surface area contributed by atoms with E-state index in [0.29, 0.717) is 29.0 Å². The van der Waals surface area contributed by atoms with Crippen molar-refractivity contribution in [2.45, 2.75) is 48.8 Å². The van der Waals surface area contributed by atoms with Crippen molar-refractivity contribution < 1.29 is 43.2 Å². The summed E-state index contributed by atoms with van der Waals surface area (Å²) in [6, 6.07) is 22.1. The van der Waals surface area contributed by atoms with E-state index in [9.17, 15) is 19.5 Å². The van der Waals surface area contributed by atoms with E-state index in [-0.39, 0.29) is 25.5 Å². The number of cyclic esters (lactones) is 1. The molecular weight excluding hydrogens is 678 g/mol. The van der Waals surface area contributed by atoms with Crippen molar-refractivity contribution in [3.05, 3.63) is 120 Å². The Morgan fingerprint density at radius 2 is 1.64 bits per heavy atom. The lowest BCUT2D eigenvalue weighted by Gasteiger charge is -2.39. The van der Waals surface area contributed by atoms with Gasteiger partial charge in [-0.15, -0.1) is 0 Å². The van der Waals surface area contributed by atoms with E-state index in [2.05, 4.69) is 5.32 Å². The van der Waals surface area contributed by atoms with Crippen LogP contribution in [0.1, 0.15) is 36.1 Å². The summed E-state index contributed by atoms with van der Waals surface area (Å²) in [4.78, 5) is 61.0. The second kappa shape index (κ2) is 15.4. The Morgan fingerprint density at radius 3 is 2.32 bits per heavy atom. The summed E-state index contributed by atoms with van der Waals surface area (Å²) in [5.74, 6) is -3.64. The number of nitrogens with one attached hydrogen (secondary N) is 1. The smallest absolute Gasteiger partial charge is 0.313 e. The Kier molecular flexibility index (Phi) is 10.5. The number of nitrogens with zero attached hydrogens (tertiary/aromatic N) is 2. The minimum absolute atomic E-state index is 0.0433. The van der Waals surface area contributed by atoms with Crippen molar-refractivity contribution >= 4 is 29.4 Å². The van der Waals surface area contributed by atoms with Crippen LogP contribution in [0.25, 0.3) is 0 Å². The van der Waals surface area contributed by atoms with Crippen LogP contribution in [0.4, 0.5) is 5.69 Å². The monoisotopic (exact) mass is 721 g/mol. The number of allylic oxidation sites excluding steroid dienone is 1. The highest BCUT2D eigenvalue weighted by Crippen LogP contribution is 2.57. The standard InChI is InChI=1S/C41H43N3O9/c1-50-25-30-36(27-14-8-4-9-15-27)52-40(49)34-32-21-22-41(53-32)35(34)38(47)44(31(24-45)26-12-6-3-7-13-26)37(41)39(48)43(23-11-5-10-16-33(46)42-30)28-17-19-29(51-2)20-18-28/h3-9,11-15,17-22,30-32,34-37,45H,10,16,23-25H2,1-2H3,(H,42,46)/b11-5-/t30-,31-,32+,34-,35-,36-,37+,41-/m1/s1. The number of anilines is 1. The van der Waals surface area contributed by atoms with Gasteiger partial charge in [-0.25, -0.2) is 0 Å². The lowest BCUT2D eigenvalue weighted by atomic mass is 9.74. The van der Waals surface area contributed by atoms with Gasteiger partial charge < -0.3 is 39.2 Å². The summed E-state index contributed by atoms with van der Waals surface area (Å²) >= 11 is 0. The average Bonchev–Trinajstić information content (AvgIpc) is 3.83. The number of likely N-dealkylation sites (tertiary alicyclic amines) is 1. The fourth-order valence-corrected chi connectivity index (χ4v) is 8.16. The number of rotatable bonds is 8. The molecule has 12 heteroatoms. The van der Waals surface area contributed by atoms with Crippen molar-refractivity contribution in [1.82, 2.24) is 10.2 Å². The number of aliphatic hydroxyl groups is 1. The molecule has 5 bridgehead atoms. The van der Waals surface area contributed by atoms with E-state index in [4.69, 9.17) is 18.9 Å². The van der Waals surface area contributed by atoms with Crippen LogP contribution in [0.3, 0.4) is 0 Å². The molecule has 0 saturated carbocycles. The summed E-state index contributed by atoms with van der Waals surface area (Å²) in [6.07, 6.45) is 5.74. The molecule has 0 aliphatic carbocycles. The van der Waals surface area contributed by atoms with Crippen molar-refractivity contribution in [3.8, 4) is 5.75 Å². The molecule has 2 N–H and O–H groups in total. The van der Waals surface area contributed by atoms with E-state index in [1.807, 2.05) is 36.4 Å². The molecule has 2 saturated heterocycles. The highest BCUT2D eigenvalue weighted by molar-refractivity contribution is 6.05. The van der Waals surface area contributed by atoms with Gasteiger partial charge in [0.15, 0.2) is 0 Å². The Bertz CT molecular complexity index is 1870. The van der Waals surface area contributed by atoms with Gasteiger partial charge in [-0.3, -0.25) is 19.2 Å². The van der Waals surface area contributed by atoms with Crippen LogP contribution in [0, 0.1) is 11.8 Å². The van der Waals surface area contributed by atoms with Crippen molar-refractivity contribution in [2.75, 3.05) is 38.9 Å². The molecule has 7 rings (SSSR count). The molecule has 2 fully saturated rings. The van der Waals surface area contributed by atoms with Gasteiger partial charge in [-0.1, -0.05) is 85.0 Å². The number of ether oxygens (including phenoxy) is 4. The number of hydrogen-bond donors (Lipinski definition) is 2.